The van der Waals surface area contributed by atoms with Gasteiger partial charge in [-0.15, -0.1) is 0 Å². The molecule has 0 atom stereocenters. The number of nitrogen functional groups attached to an aromatic ring is 1. The average molecular weight is 247 g/mol. The number of rotatable bonds is 4. The quantitative estimate of drug-likeness (QED) is 0.819. The van der Waals surface area contributed by atoms with Crippen LogP contribution < -0.4 is 10.6 Å². The van der Waals surface area contributed by atoms with Gasteiger partial charge < -0.3 is 10.6 Å². The SMILES string of the molecule is CCCN(CC)c1c(Cl)cc(N)cc1Cl. The summed E-state index contributed by atoms with van der Waals surface area (Å²) in [6.45, 7) is 6.04. The average Bonchev–Trinajstić information content (AvgIpc) is 2.14. The van der Waals surface area contributed by atoms with Crippen molar-refractivity contribution in [3.63, 3.8) is 0 Å². The lowest BCUT2D eigenvalue weighted by Crippen LogP contribution is -2.24. The fourth-order valence-electron chi connectivity index (χ4n) is 1.59. The van der Waals surface area contributed by atoms with Gasteiger partial charge in [0.05, 0.1) is 15.7 Å². The highest BCUT2D eigenvalue weighted by Crippen LogP contribution is 2.35. The standard InChI is InChI=1S/C11H16Cl2N2/c1-3-5-15(4-2)11-9(12)6-8(14)7-10(11)13/h6-7H,3-5,14H2,1-2H3. The van der Waals surface area contributed by atoms with Crippen molar-refractivity contribution < 1.29 is 0 Å². The summed E-state index contributed by atoms with van der Waals surface area (Å²) in [4.78, 5) is 2.16. The molecule has 0 spiro atoms. The van der Waals surface area contributed by atoms with Crippen molar-refractivity contribution in [3.05, 3.63) is 22.2 Å². The molecule has 0 aliphatic rings. The third kappa shape index (κ3) is 2.93. The molecule has 1 aromatic carbocycles. The molecule has 0 radical (unpaired) electrons. The highest BCUT2D eigenvalue weighted by Gasteiger charge is 2.12. The van der Waals surface area contributed by atoms with Gasteiger partial charge in [0, 0.05) is 18.8 Å². The Bertz CT molecular complexity index is 316. The summed E-state index contributed by atoms with van der Waals surface area (Å²) in [7, 11) is 0. The first-order valence-electron chi connectivity index (χ1n) is 5.09. The van der Waals surface area contributed by atoms with Crippen LogP contribution in [-0.4, -0.2) is 13.1 Å². The number of hydrogen-bond donors (Lipinski definition) is 1. The molecule has 2 N–H and O–H groups in total. The van der Waals surface area contributed by atoms with E-state index in [2.05, 4.69) is 18.7 Å². The fraction of sp³-hybridized carbons (Fsp3) is 0.455. The third-order valence-electron chi connectivity index (χ3n) is 2.23. The van der Waals surface area contributed by atoms with Crippen LogP contribution in [0.25, 0.3) is 0 Å². The lowest BCUT2D eigenvalue weighted by molar-refractivity contribution is 0.792. The van der Waals surface area contributed by atoms with Crippen molar-refractivity contribution in [1.29, 1.82) is 0 Å². The maximum Gasteiger partial charge on any atom is 0.0746 e. The Morgan fingerprint density at radius 1 is 1.20 bits per heavy atom. The molecule has 0 aliphatic carbocycles. The fourth-order valence-corrected chi connectivity index (χ4v) is 2.33. The van der Waals surface area contributed by atoms with Crippen molar-refractivity contribution >= 4 is 34.6 Å². The van der Waals surface area contributed by atoms with Gasteiger partial charge in [-0.1, -0.05) is 30.1 Å². The van der Waals surface area contributed by atoms with Crippen molar-refractivity contribution in [2.75, 3.05) is 23.7 Å². The minimum absolute atomic E-state index is 0.598. The van der Waals surface area contributed by atoms with Crippen LogP contribution in [0.2, 0.25) is 10.0 Å². The van der Waals surface area contributed by atoms with Crippen LogP contribution in [0, 0.1) is 0 Å². The largest absolute Gasteiger partial charge is 0.399 e. The summed E-state index contributed by atoms with van der Waals surface area (Å²) < 4.78 is 0. The normalized spacial score (nSPS) is 10.4. The number of hydrogen-bond acceptors (Lipinski definition) is 2. The summed E-state index contributed by atoms with van der Waals surface area (Å²) in [6.07, 6.45) is 1.06. The van der Waals surface area contributed by atoms with E-state index in [-0.39, 0.29) is 0 Å². The van der Waals surface area contributed by atoms with E-state index in [1.54, 1.807) is 12.1 Å². The molecule has 0 bridgehead atoms. The van der Waals surface area contributed by atoms with Crippen molar-refractivity contribution in [1.82, 2.24) is 0 Å². The Hall–Kier alpha value is -0.600. The maximum atomic E-state index is 6.14. The minimum atomic E-state index is 0.598. The van der Waals surface area contributed by atoms with E-state index in [4.69, 9.17) is 28.9 Å². The molecular weight excluding hydrogens is 231 g/mol. The van der Waals surface area contributed by atoms with Gasteiger partial charge in [-0.25, -0.2) is 0 Å². The second-order valence-electron chi connectivity index (χ2n) is 3.41. The summed E-state index contributed by atoms with van der Waals surface area (Å²) >= 11 is 12.3. The molecule has 0 amide bonds. The first-order chi connectivity index (χ1) is 7.10. The van der Waals surface area contributed by atoms with Crippen LogP contribution >= 0.6 is 23.2 Å². The molecule has 0 aromatic heterocycles. The second kappa shape index (κ2) is 5.47. The van der Waals surface area contributed by atoms with E-state index in [1.807, 2.05) is 0 Å². The third-order valence-corrected chi connectivity index (χ3v) is 2.81. The number of halogens is 2. The molecule has 4 heteroatoms. The van der Waals surface area contributed by atoms with Crippen molar-refractivity contribution in [2.24, 2.45) is 0 Å². The van der Waals surface area contributed by atoms with Crippen LogP contribution in [0.3, 0.4) is 0 Å². The lowest BCUT2D eigenvalue weighted by Gasteiger charge is -2.24. The van der Waals surface area contributed by atoms with Crippen LogP contribution in [0.1, 0.15) is 20.3 Å². The van der Waals surface area contributed by atoms with Gasteiger partial charge in [-0.05, 0) is 25.5 Å². The molecule has 0 heterocycles. The van der Waals surface area contributed by atoms with E-state index in [1.165, 1.54) is 0 Å². The predicted molar refractivity (Wildman–Crippen MR) is 69.1 cm³/mol. The molecule has 1 aromatic rings. The summed E-state index contributed by atoms with van der Waals surface area (Å²) in [5, 5.41) is 1.24. The molecule has 15 heavy (non-hydrogen) atoms. The van der Waals surface area contributed by atoms with E-state index in [0.29, 0.717) is 15.7 Å². The number of anilines is 2. The summed E-state index contributed by atoms with van der Waals surface area (Å²) in [5.41, 5.74) is 7.14. The molecule has 0 unspecified atom stereocenters. The Kier molecular flexibility index (Phi) is 4.55. The molecule has 0 aliphatic heterocycles. The van der Waals surface area contributed by atoms with Gasteiger partial charge in [-0.3, -0.25) is 0 Å². The van der Waals surface area contributed by atoms with Crippen LogP contribution in [0.5, 0.6) is 0 Å². The van der Waals surface area contributed by atoms with Crippen LogP contribution in [0.4, 0.5) is 11.4 Å². The monoisotopic (exact) mass is 246 g/mol. The number of nitrogens with zero attached hydrogens (tertiary/aromatic N) is 1. The Morgan fingerprint density at radius 3 is 2.13 bits per heavy atom. The van der Waals surface area contributed by atoms with Gasteiger partial charge in [0.2, 0.25) is 0 Å². The van der Waals surface area contributed by atoms with Crippen LogP contribution in [-0.2, 0) is 0 Å². The van der Waals surface area contributed by atoms with E-state index < -0.39 is 0 Å². The highest BCUT2D eigenvalue weighted by molar-refractivity contribution is 6.39. The first-order valence-corrected chi connectivity index (χ1v) is 5.85. The zero-order chi connectivity index (χ0) is 11.4. The number of nitrogens with two attached hydrogens (primary N) is 1. The molecular formula is C11H16Cl2N2. The Balaban J connectivity index is 3.11. The van der Waals surface area contributed by atoms with E-state index in [9.17, 15) is 0 Å². The summed E-state index contributed by atoms with van der Waals surface area (Å²) in [6, 6.07) is 3.47. The van der Waals surface area contributed by atoms with Gasteiger partial charge in [0.1, 0.15) is 0 Å². The highest BCUT2D eigenvalue weighted by atomic mass is 35.5. The van der Waals surface area contributed by atoms with E-state index in [0.717, 1.165) is 25.2 Å². The lowest BCUT2D eigenvalue weighted by atomic mass is 10.2. The molecule has 2 nitrogen and oxygen atoms in total. The smallest absolute Gasteiger partial charge is 0.0746 e. The molecule has 0 saturated carbocycles. The van der Waals surface area contributed by atoms with E-state index >= 15 is 0 Å². The summed E-state index contributed by atoms with van der Waals surface area (Å²) in [5.74, 6) is 0. The molecule has 84 valence electrons. The Morgan fingerprint density at radius 2 is 1.73 bits per heavy atom. The van der Waals surface area contributed by atoms with Gasteiger partial charge in [0.25, 0.3) is 0 Å². The Labute approximate surface area is 101 Å². The van der Waals surface area contributed by atoms with Crippen LogP contribution in [0.15, 0.2) is 12.1 Å². The molecule has 0 fully saturated rings. The van der Waals surface area contributed by atoms with Gasteiger partial charge in [0.15, 0.2) is 0 Å². The van der Waals surface area contributed by atoms with Gasteiger partial charge in [-0.2, -0.15) is 0 Å². The second-order valence-corrected chi connectivity index (χ2v) is 4.23. The minimum Gasteiger partial charge on any atom is -0.399 e. The number of benzene rings is 1. The molecule has 0 saturated heterocycles. The van der Waals surface area contributed by atoms with Gasteiger partial charge >= 0.3 is 0 Å². The van der Waals surface area contributed by atoms with Crippen molar-refractivity contribution in [2.45, 2.75) is 20.3 Å². The first kappa shape index (κ1) is 12.5. The zero-order valence-electron chi connectivity index (χ0n) is 9.06. The predicted octanol–water partition coefficient (Wildman–Crippen LogP) is 3.81. The maximum absolute atomic E-state index is 6.14. The molecule has 1 rings (SSSR count). The topological polar surface area (TPSA) is 29.3 Å². The van der Waals surface area contributed by atoms with Crippen molar-refractivity contribution in [3.8, 4) is 0 Å². The zero-order valence-corrected chi connectivity index (χ0v) is 10.6.